The summed E-state index contributed by atoms with van der Waals surface area (Å²) in [4.78, 5) is 13.0. The van der Waals surface area contributed by atoms with Crippen molar-refractivity contribution >= 4 is 11.6 Å². The van der Waals surface area contributed by atoms with Gasteiger partial charge in [0.2, 0.25) is 0 Å². The molecule has 4 rings (SSSR count). The maximum Gasteiger partial charge on any atom is 0.259 e. The normalized spacial score (nSPS) is 10.4. The van der Waals surface area contributed by atoms with Crippen LogP contribution in [-0.2, 0) is 6.61 Å². The third-order valence-corrected chi connectivity index (χ3v) is 5.07. The molecule has 0 saturated carbocycles. The number of carbonyl (C=O) groups excluding carboxylic acids is 1. The zero-order valence-corrected chi connectivity index (χ0v) is 17.9. The number of aromatic nitrogens is 2. The predicted molar refractivity (Wildman–Crippen MR) is 123 cm³/mol. The quantitative estimate of drug-likeness (QED) is 0.464. The van der Waals surface area contributed by atoms with Gasteiger partial charge in [-0.1, -0.05) is 36.4 Å². The number of ether oxygens (including phenoxy) is 1. The number of nitrogens with one attached hydrogen (secondary N) is 1. The van der Waals surface area contributed by atoms with E-state index in [9.17, 15) is 4.79 Å². The van der Waals surface area contributed by atoms with E-state index in [1.54, 1.807) is 22.9 Å². The van der Waals surface area contributed by atoms with Crippen LogP contribution in [0.2, 0.25) is 0 Å². The van der Waals surface area contributed by atoms with Gasteiger partial charge >= 0.3 is 0 Å². The fourth-order valence-electron chi connectivity index (χ4n) is 3.55. The Morgan fingerprint density at radius 3 is 2.59 bits per heavy atom. The summed E-state index contributed by atoms with van der Waals surface area (Å²) in [7, 11) is 0. The number of rotatable bonds is 6. The molecule has 1 amide bonds. The minimum atomic E-state index is -0.221. The van der Waals surface area contributed by atoms with Crippen molar-refractivity contribution in [1.29, 1.82) is 5.26 Å². The standard InChI is InChI=1S/C26H22N4O2/c1-18-25(19(2)30(29-18)23-11-4-3-5-12-23)26(31)28-22-10-7-13-24(15-22)32-17-21-9-6-8-20(14-21)16-27/h3-15H,17H2,1-2H3,(H,28,31). The minimum Gasteiger partial charge on any atom is -0.489 e. The summed E-state index contributed by atoms with van der Waals surface area (Å²) in [5.41, 5.74) is 5.01. The Bertz CT molecular complexity index is 1300. The predicted octanol–water partition coefficient (Wildman–Crippen LogP) is 5.19. The van der Waals surface area contributed by atoms with E-state index in [-0.39, 0.29) is 5.91 Å². The molecule has 32 heavy (non-hydrogen) atoms. The van der Waals surface area contributed by atoms with Crippen molar-refractivity contribution in [3.05, 3.63) is 107 Å². The van der Waals surface area contributed by atoms with Gasteiger partial charge in [0.05, 0.1) is 34.3 Å². The summed E-state index contributed by atoms with van der Waals surface area (Å²) in [6.45, 7) is 4.04. The zero-order valence-electron chi connectivity index (χ0n) is 17.9. The summed E-state index contributed by atoms with van der Waals surface area (Å²) >= 11 is 0. The van der Waals surface area contributed by atoms with Crippen LogP contribution in [0.4, 0.5) is 5.69 Å². The summed E-state index contributed by atoms with van der Waals surface area (Å²) in [5, 5.41) is 16.5. The molecule has 0 aliphatic carbocycles. The molecule has 1 aromatic heterocycles. The Kier molecular flexibility index (Phi) is 6.00. The highest BCUT2D eigenvalue weighted by Gasteiger charge is 2.19. The fraction of sp³-hybridized carbons (Fsp3) is 0.115. The molecule has 0 unspecified atom stereocenters. The van der Waals surface area contributed by atoms with E-state index < -0.39 is 0 Å². The number of nitrogens with zero attached hydrogens (tertiary/aromatic N) is 3. The highest BCUT2D eigenvalue weighted by Crippen LogP contribution is 2.22. The van der Waals surface area contributed by atoms with Crippen molar-refractivity contribution in [2.75, 3.05) is 5.32 Å². The average molecular weight is 422 g/mol. The molecule has 0 aliphatic heterocycles. The average Bonchev–Trinajstić information content (AvgIpc) is 3.12. The first-order valence-corrected chi connectivity index (χ1v) is 10.2. The molecule has 3 aromatic carbocycles. The van der Waals surface area contributed by atoms with Crippen LogP contribution in [0.1, 0.15) is 32.9 Å². The number of hydrogen-bond donors (Lipinski definition) is 1. The molecule has 4 aromatic rings. The lowest BCUT2D eigenvalue weighted by Gasteiger charge is -2.10. The minimum absolute atomic E-state index is 0.221. The second kappa shape index (κ2) is 9.19. The Hall–Kier alpha value is -4.37. The summed E-state index contributed by atoms with van der Waals surface area (Å²) in [6.07, 6.45) is 0. The molecule has 0 aliphatic rings. The number of anilines is 1. The van der Waals surface area contributed by atoms with Gasteiger partial charge in [0, 0.05) is 11.8 Å². The SMILES string of the molecule is Cc1nn(-c2ccccc2)c(C)c1C(=O)Nc1cccc(OCc2cccc(C#N)c2)c1. The lowest BCUT2D eigenvalue weighted by molar-refractivity contribution is 0.102. The monoisotopic (exact) mass is 422 g/mol. The van der Waals surface area contributed by atoms with Gasteiger partial charge in [-0.05, 0) is 55.8 Å². The van der Waals surface area contributed by atoms with Crippen LogP contribution in [0.15, 0.2) is 78.9 Å². The van der Waals surface area contributed by atoms with E-state index in [0.717, 1.165) is 16.9 Å². The molecule has 0 atom stereocenters. The second-order valence-electron chi connectivity index (χ2n) is 7.38. The zero-order chi connectivity index (χ0) is 22.5. The Morgan fingerprint density at radius 2 is 1.81 bits per heavy atom. The first kappa shape index (κ1) is 20.9. The molecular formula is C26H22N4O2. The third-order valence-electron chi connectivity index (χ3n) is 5.07. The summed E-state index contributed by atoms with van der Waals surface area (Å²) in [5.74, 6) is 0.402. The van der Waals surface area contributed by atoms with Gasteiger partial charge in [0.15, 0.2) is 0 Å². The molecule has 0 fully saturated rings. The number of hydrogen-bond acceptors (Lipinski definition) is 4. The highest BCUT2D eigenvalue weighted by molar-refractivity contribution is 6.06. The smallest absolute Gasteiger partial charge is 0.259 e. The number of benzene rings is 3. The molecule has 0 spiro atoms. The van der Waals surface area contributed by atoms with Gasteiger partial charge in [-0.2, -0.15) is 10.4 Å². The number of aryl methyl sites for hydroxylation is 1. The lowest BCUT2D eigenvalue weighted by atomic mass is 10.1. The van der Waals surface area contributed by atoms with Crippen LogP contribution in [0.5, 0.6) is 5.75 Å². The molecule has 0 saturated heterocycles. The van der Waals surface area contributed by atoms with Gasteiger partial charge in [0.25, 0.3) is 5.91 Å². The van der Waals surface area contributed by atoms with Crippen LogP contribution < -0.4 is 10.1 Å². The van der Waals surface area contributed by atoms with Crippen molar-refractivity contribution in [3.8, 4) is 17.5 Å². The Morgan fingerprint density at radius 1 is 1.03 bits per heavy atom. The Labute approximate surface area is 186 Å². The van der Waals surface area contributed by atoms with Crippen molar-refractivity contribution in [2.24, 2.45) is 0 Å². The van der Waals surface area contributed by atoms with Crippen LogP contribution in [-0.4, -0.2) is 15.7 Å². The molecule has 6 heteroatoms. The van der Waals surface area contributed by atoms with Crippen LogP contribution in [0, 0.1) is 25.2 Å². The summed E-state index contributed by atoms with van der Waals surface area (Å²) < 4.78 is 7.63. The Balaban J connectivity index is 1.49. The van der Waals surface area contributed by atoms with E-state index in [1.807, 2.05) is 74.5 Å². The topological polar surface area (TPSA) is 79.9 Å². The number of nitriles is 1. The molecule has 0 bridgehead atoms. The molecule has 1 N–H and O–H groups in total. The third kappa shape index (κ3) is 4.52. The number of amides is 1. The van der Waals surface area contributed by atoms with Gasteiger partial charge < -0.3 is 10.1 Å². The molecule has 0 radical (unpaired) electrons. The first-order valence-electron chi connectivity index (χ1n) is 10.2. The van der Waals surface area contributed by atoms with Crippen molar-refractivity contribution in [3.63, 3.8) is 0 Å². The van der Waals surface area contributed by atoms with Gasteiger partial charge in [-0.25, -0.2) is 4.68 Å². The van der Waals surface area contributed by atoms with Crippen LogP contribution >= 0.6 is 0 Å². The molecule has 1 heterocycles. The molecule has 158 valence electrons. The van der Waals surface area contributed by atoms with E-state index in [4.69, 9.17) is 10.00 Å². The van der Waals surface area contributed by atoms with Gasteiger partial charge in [-0.3, -0.25) is 4.79 Å². The highest BCUT2D eigenvalue weighted by atomic mass is 16.5. The first-order chi connectivity index (χ1) is 15.5. The van der Waals surface area contributed by atoms with Crippen LogP contribution in [0.25, 0.3) is 5.69 Å². The maximum atomic E-state index is 13.0. The van der Waals surface area contributed by atoms with E-state index in [2.05, 4.69) is 16.5 Å². The van der Waals surface area contributed by atoms with Crippen LogP contribution in [0.3, 0.4) is 0 Å². The summed E-state index contributed by atoms with van der Waals surface area (Å²) in [6, 6.07) is 26.4. The maximum absolute atomic E-state index is 13.0. The molecule has 6 nitrogen and oxygen atoms in total. The van der Waals surface area contributed by atoms with Crippen molar-refractivity contribution < 1.29 is 9.53 Å². The number of para-hydroxylation sites is 1. The van der Waals surface area contributed by atoms with E-state index in [0.29, 0.717) is 34.9 Å². The van der Waals surface area contributed by atoms with Gasteiger partial charge in [0.1, 0.15) is 12.4 Å². The fourth-order valence-corrected chi connectivity index (χ4v) is 3.55. The largest absolute Gasteiger partial charge is 0.489 e. The van der Waals surface area contributed by atoms with Crippen molar-refractivity contribution in [2.45, 2.75) is 20.5 Å². The molecular weight excluding hydrogens is 400 g/mol. The van der Waals surface area contributed by atoms with E-state index in [1.165, 1.54) is 0 Å². The van der Waals surface area contributed by atoms with Gasteiger partial charge in [-0.15, -0.1) is 0 Å². The second-order valence-corrected chi connectivity index (χ2v) is 7.38. The lowest BCUT2D eigenvalue weighted by Crippen LogP contribution is -2.14. The number of carbonyl (C=O) groups is 1. The van der Waals surface area contributed by atoms with E-state index >= 15 is 0 Å². The van der Waals surface area contributed by atoms with Crippen molar-refractivity contribution in [1.82, 2.24) is 9.78 Å².